The van der Waals surface area contributed by atoms with Gasteiger partial charge in [-0.2, -0.15) is 0 Å². The second-order valence-electron chi connectivity index (χ2n) is 6.33. The highest BCUT2D eigenvalue weighted by Gasteiger charge is 2.32. The van der Waals surface area contributed by atoms with Crippen molar-refractivity contribution in [3.8, 4) is 11.5 Å². The minimum Gasteiger partial charge on any atom is -0.503 e. The topological polar surface area (TPSA) is 49.8 Å². The van der Waals surface area contributed by atoms with Gasteiger partial charge in [0.15, 0.2) is 11.5 Å². The van der Waals surface area contributed by atoms with Crippen LogP contribution in [0.4, 0.5) is 0 Å². The average molecular weight is 442 g/mol. The van der Waals surface area contributed by atoms with Gasteiger partial charge >= 0.3 is 0 Å². The molecule has 134 valence electrons. The quantitative estimate of drug-likeness (QED) is 0.517. The zero-order valence-electron chi connectivity index (χ0n) is 14.0. The molecule has 1 aromatic carbocycles. The van der Waals surface area contributed by atoms with E-state index in [4.69, 9.17) is 17.0 Å². The second kappa shape index (κ2) is 8.10. The molecule has 2 fully saturated rings. The Morgan fingerprint density at radius 1 is 1.44 bits per heavy atom. The van der Waals surface area contributed by atoms with Gasteiger partial charge in [-0.1, -0.05) is 49.7 Å². The van der Waals surface area contributed by atoms with Gasteiger partial charge < -0.3 is 9.84 Å². The molecular weight excluding hydrogens is 422 g/mol. The van der Waals surface area contributed by atoms with Crippen LogP contribution in [0.1, 0.15) is 37.7 Å². The normalized spacial score (nSPS) is 20.1. The van der Waals surface area contributed by atoms with E-state index in [9.17, 15) is 9.90 Å². The first-order valence-electron chi connectivity index (χ1n) is 8.31. The Labute approximate surface area is 165 Å². The number of thioether (sulfide) groups is 1. The minimum atomic E-state index is -0.0313. The van der Waals surface area contributed by atoms with Gasteiger partial charge in [0.2, 0.25) is 0 Å². The van der Waals surface area contributed by atoms with Crippen LogP contribution in [0.15, 0.2) is 21.5 Å². The number of nitrogens with zero attached hydrogens (tertiary/aromatic N) is 1. The smallest absolute Gasteiger partial charge is 0.266 e. The zero-order chi connectivity index (χ0) is 18.0. The van der Waals surface area contributed by atoms with E-state index in [0.717, 1.165) is 17.9 Å². The third-order valence-electron chi connectivity index (χ3n) is 4.68. The van der Waals surface area contributed by atoms with E-state index >= 15 is 0 Å². The van der Waals surface area contributed by atoms with Crippen molar-refractivity contribution in [2.75, 3.05) is 13.7 Å². The Hall–Kier alpha value is -1.05. The van der Waals surface area contributed by atoms with Crippen LogP contribution in [-0.2, 0) is 4.79 Å². The zero-order valence-corrected chi connectivity index (χ0v) is 17.2. The minimum absolute atomic E-state index is 0.0313. The molecule has 1 aliphatic carbocycles. The Morgan fingerprint density at radius 2 is 2.16 bits per heavy atom. The lowest BCUT2D eigenvalue weighted by atomic mass is 10.0. The second-order valence-corrected chi connectivity index (χ2v) is 8.86. The lowest BCUT2D eigenvalue weighted by Crippen LogP contribution is -2.30. The Balaban J connectivity index is 1.74. The van der Waals surface area contributed by atoms with Gasteiger partial charge in [0.1, 0.15) is 4.32 Å². The van der Waals surface area contributed by atoms with Gasteiger partial charge in [-0.05, 0) is 52.0 Å². The van der Waals surface area contributed by atoms with Crippen LogP contribution in [0.2, 0.25) is 0 Å². The fourth-order valence-electron chi connectivity index (χ4n) is 3.29. The van der Waals surface area contributed by atoms with Crippen molar-refractivity contribution < 1.29 is 14.6 Å². The van der Waals surface area contributed by atoms with Crippen LogP contribution in [0.25, 0.3) is 6.08 Å². The summed E-state index contributed by atoms with van der Waals surface area (Å²) in [6, 6.07) is 3.45. The molecule has 7 heteroatoms. The number of carbonyl (C=O) groups excluding carboxylic acids is 1. The summed E-state index contributed by atoms with van der Waals surface area (Å²) < 4.78 is 6.31. The first-order chi connectivity index (χ1) is 12.0. The summed E-state index contributed by atoms with van der Waals surface area (Å²) in [5, 5.41) is 9.90. The number of hydrogen-bond acceptors (Lipinski definition) is 5. The third kappa shape index (κ3) is 4.20. The van der Waals surface area contributed by atoms with Crippen molar-refractivity contribution >= 4 is 56.2 Å². The highest BCUT2D eigenvalue weighted by molar-refractivity contribution is 9.10. The number of rotatable bonds is 5. The standard InChI is InChI=1S/C18H20BrNO3S2/c1-23-14-9-12(8-13(19)16(14)21)10-15-17(22)20(18(24)25-15)7-6-11-4-2-3-5-11/h8-11,21H,2-7H2,1H3/b15-10-. The summed E-state index contributed by atoms with van der Waals surface area (Å²) in [4.78, 5) is 15.0. The Bertz CT molecular complexity index is 729. The van der Waals surface area contributed by atoms with Crippen LogP contribution in [0.3, 0.4) is 0 Å². The SMILES string of the molecule is COc1cc(/C=C2\SC(=S)N(CCC3CCCC3)C2=O)cc(Br)c1O. The molecule has 0 bridgehead atoms. The van der Waals surface area contributed by atoms with Gasteiger partial charge in [-0.3, -0.25) is 9.69 Å². The molecule has 2 aliphatic rings. The van der Waals surface area contributed by atoms with Gasteiger partial charge in [0, 0.05) is 6.54 Å². The largest absolute Gasteiger partial charge is 0.503 e. The number of phenolic OH excluding ortho intramolecular Hbond substituents is 1. The van der Waals surface area contributed by atoms with Crippen molar-refractivity contribution in [3.05, 3.63) is 27.1 Å². The fraction of sp³-hybridized carbons (Fsp3) is 0.444. The molecule has 0 atom stereocenters. The maximum atomic E-state index is 12.7. The molecule has 0 spiro atoms. The molecule has 0 aromatic heterocycles. The molecule has 4 nitrogen and oxygen atoms in total. The highest BCUT2D eigenvalue weighted by Crippen LogP contribution is 2.38. The lowest BCUT2D eigenvalue weighted by Gasteiger charge is -2.17. The Kier molecular flexibility index (Phi) is 6.07. The van der Waals surface area contributed by atoms with Crippen LogP contribution < -0.4 is 4.74 Å². The fourth-order valence-corrected chi connectivity index (χ4v) is 5.06. The van der Waals surface area contributed by atoms with Crippen LogP contribution >= 0.6 is 39.9 Å². The first kappa shape index (κ1) is 18.7. The summed E-state index contributed by atoms with van der Waals surface area (Å²) in [6.07, 6.45) is 7.97. The molecule has 1 heterocycles. The highest BCUT2D eigenvalue weighted by atomic mass is 79.9. The summed E-state index contributed by atoms with van der Waals surface area (Å²) in [5.74, 6) is 1.10. The number of benzene rings is 1. The van der Waals surface area contributed by atoms with Crippen LogP contribution in [0.5, 0.6) is 11.5 Å². The Morgan fingerprint density at radius 3 is 2.84 bits per heavy atom. The molecule has 1 saturated carbocycles. The molecule has 3 rings (SSSR count). The number of methoxy groups -OCH3 is 1. The van der Waals surface area contributed by atoms with Gasteiger partial charge in [0.05, 0.1) is 16.5 Å². The molecule has 0 unspecified atom stereocenters. The van der Waals surface area contributed by atoms with E-state index in [1.54, 1.807) is 23.1 Å². The van der Waals surface area contributed by atoms with Gasteiger partial charge in [0.25, 0.3) is 5.91 Å². The predicted octanol–water partition coefficient (Wildman–Crippen LogP) is 4.94. The molecule has 1 aliphatic heterocycles. The maximum absolute atomic E-state index is 12.7. The van der Waals surface area contributed by atoms with Gasteiger partial charge in [-0.25, -0.2) is 0 Å². The first-order valence-corrected chi connectivity index (χ1v) is 10.3. The molecule has 1 aromatic rings. The number of phenols is 1. The number of halogens is 1. The molecule has 0 radical (unpaired) electrons. The number of amides is 1. The van der Waals surface area contributed by atoms with Gasteiger partial charge in [-0.15, -0.1) is 0 Å². The van der Waals surface area contributed by atoms with E-state index in [-0.39, 0.29) is 11.7 Å². The van der Waals surface area contributed by atoms with Crippen molar-refractivity contribution in [2.24, 2.45) is 5.92 Å². The molecule has 1 N–H and O–H groups in total. The maximum Gasteiger partial charge on any atom is 0.266 e. The van der Waals surface area contributed by atoms with E-state index in [0.29, 0.717) is 26.0 Å². The van der Waals surface area contributed by atoms with Crippen molar-refractivity contribution in [1.29, 1.82) is 0 Å². The number of ether oxygens (including phenoxy) is 1. The van der Waals surface area contributed by atoms with E-state index in [1.165, 1.54) is 44.6 Å². The van der Waals surface area contributed by atoms with Crippen molar-refractivity contribution in [3.63, 3.8) is 0 Å². The third-order valence-corrected chi connectivity index (χ3v) is 6.66. The molecule has 1 saturated heterocycles. The van der Waals surface area contributed by atoms with Crippen LogP contribution in [-0.4, -0.2) is 33.9 Å². The van der Waals surface area contributed by atoms with Crippen molar-refractivity contribution in [2.45, 2.75) is 32.1 Å². The molecule has 25 heavy (non-hydrogen) atoms. The summed E-state index contributed by atoms with van der Waals surface area (Å²) in [6.45, 7) is 0.704. The summed E-state index contributed by atoms with van der Waals surface area (Å²) >= 11 is 10.0. The van der Waals surface area contributed by atoms with Crippen LogP contribution in [0, 0.1) is 5.92 Å². The lowest BCUT2D eigenvalue weighted by molar-refractivity contribution is -0.122. The van der Waals surface area contributed by atoms with E-state index in [1.807, 2.05) is 0 Å². The number of carbonyl (C=O) groups is 1. The molecular formula is C18H20BrNO3S2. The summed E-state index contributed by atoms with van der Waals surface area (Å²) in [5.41, 5.74) is 0.776. The number of aromatic hydroxyl groups is 1. The summed E-state index contributed by atoms with van der Waals surface area (Å²) in [7, 11) is 1.49. The van der Waals surface area contributed by atoms with Crippen molar-refractivity contribution in [1.82, 2.24) is 4.90 Å². The monoisotopic (exact) mass is 441 g/mol. The van der Waals surface area contributed by atoms with E-state index in [2.05, 4.69) is 15.9 Å². The number of thiocarbonyl (C=S) groups is 1. The number of hydrogen-bond donors (Lipinski definition) is 1. The predicted molar refractivity (Wildman–Crippen MR) is 109 cm³/mol. The average Bonchev–Trinajstić information content (AvgIpc) is 3.18. The van der Waals surface area contributed by atoms with E-state index < -0.39 is 0 Å². The molecule has 1 amide bonds.